The fraction of sp³-hybridized carbons (Fsp3) is 0.538. The van der Waals surface area contributed by atoms with Crippen LogP contribution in [0.1, 0.15) is 24.1 Å². The summed E-state index contributed by atoms with van der Waals surface area (Å²) >= 11 is 0. The quantitative estimate of drug-likeness (QED) is 0.844. The average Bonchev–Trinajstić information content (AvgIpc) is 2.37. The Kier molecular flexibility index (Phi) is 5.79. The lowest BCUT2D eigenvalue weighted by atomic mass is 9.98. The Morgan fingerprint density at radius 3 is 2.35 bits per heavy atom. The number of nitrogens with zero attached hydrogens (tertiary/aromatic N) is 1. The van der Waals surface area contributed by atoms with Crippen LogP contribution in [-0.2, 0) is 6.18 Å². The zero-order valence-electron chi connectivity index (χ0n) is 11.0. The summed E-state index contributed by atoms with van der Waals surface area (Å²) in [5.74, 6) is -0.791. The summed E-state index contributed by atoms with van der Waals surface area (Å²) < 4.78 is 52.7. The lowest BCUT2D eigenvalue weighted by Gasteiger charge is -2.34. The molecule has 0 bridgehead atoms. The van der Waals surface area contributed by atoms with E-state index < -0.39 is 23.6 Å². The van der Waals surface area contributed by atoms with Gasteiger partial charge in [-0.3, -0.25) is 4.90 Å². The molecule has 0 saturated carbocycles. The highest BCUT2D eigenvalue weighted by molar-refractivity contribution is 5.85. The number of hydrogen-bond acceptors (Lipinski definition) is 2. The highest BCUT2D eigenvalue weighted by Gasteiger charge is 2.37. The van der Waals surface area contributed by atoms with Crippen LogP contribution in [0.25, 0.3) is 0 Å². The van der Waals surface area contributed by atoms with Gasteiger partial charge in [0.2, 0.25) is 0 Å². The molecule has 0 unspecified atom stereocenters. The summed E-state index contributed by atoms with van der Waals surface area (Å²) in [4.78, 5) is 1.87. The SMILES string of the molecule is C[C@H](c1c(F)cccc1C(F)(F)F)N1CCNCC1.Cl. The minimum absolute atomic E-state index is 0. The normalized spacial score (nSPS) is 18.4. The van der Waals surface area contributed by atoms with Gasteiger partial charge in [0.15, 0.2) is 0 Å². The van der Waals surface area contributed by atoms with Gasteiger partial charge < -0.3 is 5.32 Å². The molecule has 1 atom stereocenters. The molecule has 1 heterocycles. The molecule has 7 heteroatoms. The number of hydrogen-bond donors (Lipinski definition) is 1. The monoisotopic (exact) mass is 312 g/mol. The lowest BCUT2D eigenvalue weighted by molar-refractivity contribution is -0.139. The van der Waals surface area contributed by atoms with Crippen LogP contribution in [0, 0.1) is 5.82 Å². The van der Waals surface area contributed by atoms with Crippen molar-refractivity contribution in [3.63, 3.8) is 0 Å². The molecule has 1 saturated heterocycles. The topological polar surface area (TPSA) is 15.3 Å². The zero-order valence-corrected chi connectivity index (χ0v) is 11.8. The number of nitrogens with one attached hydrogen (secondary N) is 1. The van der Waals surface area contributed by atoms with E-state index in [-0.39, 0.29) is 18.0 Å². The predicted molar refractivity (Wildman–Crippen MR) is 71.5 cm³/mol. The molecule has 0 radical (unpaired) electrons. The Bertz CT molecular complexity index is 444. The van der Waals surface area contributed by atoms with Crippen molar-refractivity contribution in [3.8, 4) is 0 Å². The van der Waals surface area contributed by atoms with Crippen molar-refractivity contribution in [2.75, 3.05) is 26.2 Å². The molecule has 2 nitrogen and oxygen atoms in total. The van der Waals surface area contributed by atoms with Gasteiger partial charge in [-0.2, -0.15) is 13.2 Å². The molecule has 1 aliphatic rings. The van der Waals surface area contributed by atoms with E-state index in [9.17, 15) is 17.6 Å². The molecule has 1 aliphatic heterocycles. The van der Waals surface area contributed by atoms with Gasteiger partial charge in [-0.05, 0) is 19.1 Å². The summed E-state index contributed by atoms with van der Waals surface area (Å²) in [5.41, 5.74) is -1.13. The van der Waals surface area contributed by atoms with Crippen molar-refractivity contribution >= 4 is 12.4 Å². The fourth-order valence-corrected chi connectivity index (χ4v) is 2.46. The number of alkyl halides is 3. The van der Waals surface area contributed by atoms with Crippen LogP contribution >= 0.6 is 12.4 Å². The van der Waals surface area contributed by atoms with E-state index in [1.165, 1.54) is 0 Å². The first kappa shape index (κ1) is 17.2. The highest BCUT2D eigenvalue weighted by Crippen LogP contribution is 2.37. The third kappa shape index (κ3) is 3.62. The second-order valence-electron chi connectivity index (χ2n) is 4.66. The van der Waals surface area contributed by atoms with E-state index in [1.54, 1.807) is 6.92 Å². The van der Waals surface area contributed by atoms with Gasteiger partial charge in [-0.1, -0.05) is 6.07 Å². The first-order valence-corrected chi connectivity index (χ1v) is 6.21. The second-order valence-corrected chi connectivity index (χ2v) is 4.66. The van der Waals surface area contributed by atoms with Crippen LogP contribution in [0.15, 0.2) is 18.2 Å². The maximum atomic E-state index is 13.8. The van der Waals surface area contributed by atoms with Gasteiger partial charge in [0, 0.05) is 37.8 Å². The number of benzene rings is 1. The number of piperazine rings is 1. The summed E-state index contributed by atoms with van der Waals surface area (Å²) in [5, 5.41) is 3.12. The molecular formula is C13H17ClF4N2. The van der Waals surface area contributed by atoms with Gasteiger partial charge >= 0.3 is 6.18 Å². The van der Waals surface area contributed by atoms with Gasteiger partial charge in [-0.15, -0.1) is 12.4 Å². The van der Waals surface area contributed by atoms with E-state index >= 15 is 0 Å². The Labute approximate surface area is 121 Å². The minimum Gasteiger partial charge on any atom is -0.314 e. The third-order valence-corrected chi connectivity index (χ3v) is 3.48. The molecule has 1 N–H and O–H groups in total. The molecule has 0 aromatic heterocycles. The average molecular weight is 313 g/mol. The van der Waals surface area contributed by atoms with E-state index in [0.717, 1.165) is 18.2 Å². The second kappa shape index (κ2) is 6.74. The van der Waals surface area contributed by atoms with E-state index in [4.69, 9.17) is 0 Å². The van der Waals surface area contributed by atoms with Crippen molar-refractivity contribution in [2.45, 2.75) is 19.1 Å². The van der Waals surface area contributed by atoms with E-state index in [2.05, 4.69) is 5.32 Å². The molecule has 0 spiro atoms. The smallest absolute Gasteiger partial charge is 0.314 e. The van der Waals surface area contributed by atoms with Gasteiger partial charge in [0.05, 0.1) is 5.56 Å². The van der Waals surface area contributed by atoms with Crippen molar-refractivity contribution in [2.24, 2.45) is 0 Å². The Morgan fingerprint density at radius 2 is 1.80 bits per heavy atom. The van der Waals surface area contributed by atoms with Gasteiger partial charge in [0.1, 0.15) is 5.82 Å². The number of rotatable bonds is 2. The Morgan fingerprint density at radius 1 is 1.20 bits per heavy atom. The molecule has 0 aliphatic carbocycles. The third-order valence-electron chi connectivity index (χ3n) is 3.48. The minimum atomic E-state index is -4.53. The lowest BCUT2D eigenvalue weighted by Crippen LogP contribution is -2.45. The molecule has 0 amide bonds. The molecule has 20 heavy (non-hydrogen) atoms. The van der Waals surface area contributed by atoms with E-state index in [1.807, 2.05) is 4.90 Å². The van der Waals surface area contributed by atoms with E-state index in [0.29, 0.717) is 26.2 Å². The molecule has 1 aromatic carbocycles. The van der Waals surface area contributed by atoms with Crippen molar-refractivity contribution < 1.29 is 17.6 Å². The van der Waals surface area contributed by atoms with Crippen molar-refractivity contribution in [1.82, 2.24) is 10.2 Å². The number of halogens is 5. The van der Waals surface area contributed by atoms with Crippen molar-refractivity contribution in [1.29, 1.82) is 0 Å². The van der Waals surface area contributed by atoms with Gasteiger partial charge in [-0.25, -0.2) is 4.39 Å². The maximum Gasteiger partial charge on any atom is 0.416 e. The molecule has 1 fully saturated rings. The predicted octanol–water partition coefficient (Wildman–Crippen LogP) is 3.23. The first-order chi connectivity index (χ1) is 8.91. The zero-order chi connectivity index (χ0) is 14.0. The maximum absolute atomic E-state index is 13.8. The van der Waals surface area contributed by atoms with Crippen LogP contribution in [0.4, 0.5) is 17.6 Å². The summed E-state index contributed by atoms with van der Waals surface area (Å²) in [6.07, 6.45) is -4.53. The summed E-state index contributed by atoms with van der Waals surface area (Å²) in [7, 11) is 0. The molecule has 2 rings (SSSR count). The molecule has 1 aromatic rings. The highest BCUT2D eigenvalue weighted by atomic mass is 35.5. The van der Waals surface area contributed by atoms with Crippen LogP contribution in [-0.4, -0.2) is 31.1 Å². The fourth-order valence-electron chi connectivity index (χ4n) is 2.46. The summed E-state index contributed by atoms with van der Waals surface area (Å²) in [6, 6.07) is 2.55. The Balaban J connectivity index is 0.00000200. The largest absolute Gasteiger partial charge is 0.416 e. The van der Waals surface area contributed by atoms with Gasteiger partial charge in [0.25, 0.3) is 0 Å². The summed E-state index contributed by atoms with van der Waals surface area (Å²) in [6.45, 7) is 4.28. The standard InChI is InChI=1S/C13H16F4N2.ClH/c1-9(19-7-5-18-6-8-19)12-10(13(15,16)17)3-2-4-11(12)14;/h2-4,9,18H,5-8H2,1H3;1H/t9-;/m1./s1. The van der Waals surface area contributed by atoms with Crippen LogP contribution in [0.5, 0.6) is 0 Å². The molecule has 114 valence electrons. The Hall–Kier alpha value is -0.850. The van der Waals surface area contributed by atoms with Crippen LogP contribution < -0.4 is 5.32 Å². The molecular weight excluding hydrogens is 296 g/mol. The first-order valence-electron chi connectivity index (χ1n) is 6.21. The van der Waals surface area contributed by atoms with Crippen LogP contribution in [0.2, 0.25) is 0 Å². The van der Waals surface area contributed by atoms with Crippen LogP contribution in [0.3, 0.4) is 0 Å². The van der Waals surface area contributed by atoms with Crippen molar-refractivity contribution in [3.05, 3.63) is 35.1 Å².